The van der Waals surface area contributed by atoms with Gasteiger partial charge in [-0.3, -0.25) is 4.79 Å². The Morgan fingerprint density at radius 3 is 3.00 bits per heavy atom. The first kappa shape index (κ1) is 12.1. The Hall–Kier alpha value is -1.98. The molecule has 0 bridgehead atoms. The molecule has 0 aliphatic heterocycles. The van der Waals surface area contributed by atoms with E-state index in [0.717, 1.165) is 22.2 Å². The number of fused-ring (bicyclic) bond motifs is 1. The second-order valence-electron chi connectivity index (χ2n) is 4.29. The second-order valence-corrected chi connectivity index (χ2v) is 5.01. The summed E-state index contributed by atoms with van der Waals surface area (Å²) in [6, 6.07) is 9.71. The van der Waals surface area contributed by atoms with Crippen LogP contribution in [0.5, 0.6) is 0 Å². The third-order valence-electron chi connectivity index (χ3n) is 2.94. The zero-order valence-corrected chi connectivity index (χ0v) is 11.0. The highest BCUT2D eigenvalue weighted by Gasteiger charge is 2.02. The van der Waals surface area contributed by atoms with Crippen LogP contribution >= 0.6 is 11.3 Å². The second kappa shape index (κ2) is 5.34. The van der Waals surface area contributed by atoms with Gasteiger partial charge in [0.2, 0.25) is 0 Å². The van der Waals surface area contributed by atoms with Gasteiger partial charge in [-0.1, -0.05) is 18.2 Å². The van der Waals surface area contributed by atoms with Crippen LogP contribution in [0.4, 0.5) is 0 Å². The van der Waals surface area contributed by atoms with Crippen LogP contribution in [0.1, 0.15) is 11.3 Å². The lowest BCUT2D eigenvalue weighted by atomic mass is 10.1. The lowest BCUT2D eigenvalue weighted by molar-refractivity contribution is 0.678. The molecule has 3 aromatic rings. The summed E-state index contributed by atoms with van der Waals surface area (Å²) in [5.74, 6) is 0. The van der Waals surface area contributed by atoms with E-state index < -0.39 is 0 Å². The molecule has 2 aromatic heterocycles. The van der Waals surface area contributed by atoms with Crippen LogP contribution in [0.2, 0.25) is 0 Å². The minimum atomic E-state index is -0.0375. The minimum Gasteiger partial charge on any atom is -0.322 e. The fraction of sp³-hybridized carbons (Fsp3) is 0.143. The molecule has 4 nitrogen and oxygen atoms in total. The maximum atomic E-state index is 11.9. The highest BCUT2D eigenvalue weighted by Crippen LogP contribution is 2.10. The predicted molar refractivity (Wildman–Crippen MR) is 77.2 cm³/mol. The molecule has 5 heteroatoms. The number of nitrogens with one attached hydrogen (secondary N) is 2. The van der Waals surface area contributed by atoms with Crippen LogP contribution < -0.4 is 10.9 Å². The number of para-hydroxylation sites is 1. The van der Waals surface area contributed by atoms with Gasteiger partial charge in [-0.05, 0) is 17.5 Å². The van der Waals surface area contributed by atoms with Gasteiger partial charge in [-0.25, -0.2) is 4.98 Å². The number of nitrogens with zero attached hydrogens (tertiary/aromatic N) is 1. The quantitative estimate of drug-likeness (QED) is 0.765. The van der Waals surface area contributed by atoms with Gasteiger partial charge in [0, 0.05) is 29.5 Å². The molecular formula is C14H13N3OS. The molecule has 0 amide bonds. The first-order chi connectivity index (χ1) is 9.33. The molecule has 0 saturated carbocycles. The molecule has 19 heavy (non-hydrogen) atoms. The van der Waals surface area contributed by atoms with Gasteiger partial charge in [0.25, 0.3) is 5.56 Å². The van der Waals surface area contributed by atoms with Crippen LogP contribution in [0.15, 0.2) is 46.0 Å². The summed E-state index contributed by atoms with van der Waals surface area (Å²) in [6.45, 7) is 1.22. The lowest BCUT2D eigenvalue weighted by Crippen LogP contribution is -2.20. The van der Waals surface area contributed by atoms with Crippen LogP contribution in [-0.2, 0) is 13.1 Å². The number of thiazole rings is 1. The summed E-state index contributed by atoms with van der Waals surface area (Å²) in [5, 5.41) is 6.28. The molecule has 0 fully saturated rings. The Balaban J connectivity index is 1.77. The molecular weight excluding hydrogens is 258 g/mol. The van der Waals surface area contributed by atoms with E-state index in [-0.39, 0.29) is 5.56 Å². The highest BCUT2D eigenvalue weighted by molar-refractivity contribution is 7.07. The van der Waals surface area contributed by atoms with Gasteiger partial charge in [0.15, 0.2) is 0 Å². The molecule has 0 aliphatic rings. The van der Waals surface area contributed by atoms with Crippen molar-refractivity contribution >= 4 is 22.2 Å². The number of aromatic nitrogens is 2. The maximum absolute atomic E-state index is 11.9. The Labute approximate surface area is 114 Å². The van der Waals surface area contributed by atoms with Crippen LogP contribution in [0.3, 0.4) is 0 Å². The van der Waals surface area contributed by atoms with Gasteiger partial charge in [0.05, 0.1) is 11.2 Å². The van der Waals surface area contributed by atoms with Crippen LogP contribution in [0.25, 0.3) is 10.9 Å². The molecule has 0 atom stereocenters. The third kappa shape index (κ3) is 2.72. The van der Waals surface area contributed by atoms with Crippen molar-refractivity contribution in [2.75, 3.05) is 0 Å². The van der Waals surface area contributed by atoms with E-state index in [1.807, 2.05) is 35.7 Å². The monoisotopic (exact) mass is 271 g/mol. The van der Waals surface area contributed by atoms with E-state index in [0.29, 0.717) is 13.1 Å². The van der Waals surface area contributed by atoms with E-state index in [9.17, 15) is 4.79 Å². The zero-order chi connectivity index (χ0) is 13.1. The summed E-state index contributed by atoms with van der Waals surface area (Å²) in [4.78, 5) is 19.0. The average molecular weight is 271 g/mol. The van der Waals surface area contributed by atoms with E-state index in [2.05, 4.69) is 15.3 Å². The molecule has 3 rings (SSSR count). The summed E-state index contributed by atoms with van der Waals surface area (Å²) in [7, 11) is 0. The van der Waals surface area contributed by atoms with E-state index in [1.165, 1.54) is 0 Å². The Kier molecular flexibility index (Phi) is 3.39. The van der Waals surface area contributed by atoms with Gasteiger partial charge < -0.3 is 10.3 Å². The van der Waals surface area contributed by atoms with E-state index in [1.54, 1.807) is 16.8 Å². The summed E-state index contributed by atoms with van der Waals surface area (Å²) in [6.07, 6.45) is 0. The predicted octanol–water partition coefficient (Wildman–Crippen LogP) is 2.27. The van der Waals surface area contributed by atoms with Gasteiger partial charge in [0.1, 0.15) is 0 Å². The number of hydrogen-bond acceptors (Lipinski definition) is 4. The maximum Gasteiger partial charge on any atom is 0.252 e. The molecule has 96 valence electrons. The number of pyridine rings is 1. The van der Waals surface area contributed by atoms with Crippen molar-refractivity contribution in [3.8, 4) is 0 Å². The average Bonchev–Trinajstić information content (AvgIpc) is 2.92. The van der Waals surface area contributed by atoms with E-state index in [4.69, 9.17) is 0 Å². The van der Waals surface area contributed by atoms with Gasteiger partial charge in [-0.15, -0.1) is 11.3 Å². The number of aromatic amines is 1. The fourth-order valence-corrected chi connectivity index (χ4v) is 2.53. The van der Waals surface area contributed by atoms with Crippen molar-refractivity contribution in [1.82, 2.24) is 15.3 Å². The van der Waals surface area contributed by atoms with Crippen molar-refractivity contribution in [2.45, 2.75) is 13.1 Å². The third-order valence-corrected chi connectivity index (χ3v) is 3.57. The summed E-state index contributed by atoms with van der Waals surface area (Å²) < 4.78 is 0. The normalized spacial score (nSPS) is 10.9. The molecule has 1 aromatic carbocycles. The Morgan fingerprint density at radius 2 is 2.16 bits per heavy atom. The molecule has 0 radical (unpaired) electrons. The number of H-pyrrole nitrogens is 1. The molecule has 0 unspecified atom stereocenters. The van der Waals surface area contributed by atoms with Crippen molar-refractivity contribution in [3.05, 3.63) is 62.8 Å². The smallest absolute Gasteiger partial charge is 0.252 e. The van der Waals surface area contributed by atoms with Crippen molar-refractivity contribution < 1.29 is 0 Å². The van der Waals surface area contributed by atoms with Crippen molar-refractivity contribution in [1.29, 1.82) is 0 Å². The minimum absolute atomic E-state index is 0.0375. The molecule has 2 heterocycles. The number of benzene rings is 1. The van der Waals surface area contributed by atoms with Crippen molar-refractivity contribution in [2.24, 2.45) is 0 Å². The lowest BCUT2D eigenvalue weighted by Gasteiger charge is -2.04. The standard InChI is InChI=1S/C14H13N3OS/c18-14-11(6-15-7-12-8-19-9-16-12)5-10-3-1-2-4-13(10)17-14/h1-5,8-9,15H,6-7H2,(H,17,18). The summed E-state index contributed by atoms with van der Waals surface area (Å²) in [5.41, 5.74) is 4.39. The molecule has 0 aliphatic carbocycles. The topological polar surface area (TPSA) is 57.8 Å². The molecule has 0 spiro atoms. The molecule has 2 N–H and O–H groups in total. The van der Waals surface area contributed by atoms with Crippen LogP contribution in [-0.4, -0.2) is 9.97 Å². The first-order valence-electron chi connectivity index (χ1n) is 6.01. The van der Waals surface area contributed by atoms with E-state index >= 15 is 0 Å². The number of rotatable bonds is 4. The van der Waals surface area contributed by atoms with Gasteiger partial charge >= 0.3 is 0 Å². The SMILES string of the molecule is O=c1[nH]c2ccccc2cc1CNCc1cscn1. The summed E-state index contributed by atoms with van der Waals surface area (Å²) >= 11 is 1.57. The molecule has 0 saturated heterocycles. The highest BCUT2D eigenvalue weighted by atomic mass is 32.1. The van der Waals surface area contributed by atoms with Crippen molar-refractivity contribution in [3.63, 3.8) is 0 Å². The number of hydrogen-bond donors (Lipinski definition) is 2. The van der Waals surface area contributed by atoms with Crippen LogP contribution in [0, 0.1) is 0 Å². The zero-order valence-electron chi connectivity index (χ0n) is 10.2. The first-order valence-corrected chi connectivity index (χ1v) is 6.96. The Bertz CT molecular complexity index is 734. The largest absolute Gasteiger partial charge is 0.322 e. The Morgan fingerprint density at radius 1 is 1.26 bits per heavy atom. The fourth-order valence-electron chi connectivity index (χ4n) is 1.97. The van der Waals surface area contributed by atoms with Gasteiger partial charge in [-0.2, -0.15) is 0 Å².